The molecule has 1 rings (SSSR count). The van der Waals surface area contributed by atoms with Crippen LogP contribution in [0.1, 0.15) is 5.56 Å². The van der Waals surface area contributed by atoms with Crippen LogP contribution in [0.2, 0.25) is 0 Å². The Hall–Kier alpha value is -0.990. The molecule has 0 aliphatic carbocycles. The van der Waals surface area contributed by atoms with E-state index in [0.717, 1.165) is 0 Å². The molecule has 0 saturated carbocycles. The summed E-state index contributed by atoms with van der Waals surface area (Å²) in [5, 5.41) is 8.47. The van der Waals surface area contributed by atoms with Gasteiger partial charge in [-0.05, 0) is 5.56 Å². The van der Waals surface area contributed by atoms with Crippen LogP contribution in [-0.4, -0.2) is 53.2 Å². The smallest absolute Gasteiger partial charge is 0.271 e. The molecule has 0 heterocycles. The van der Waals surface area contributed by atoms with Gasteiger partial charge in [0.15, 0.2) is 0 Å². The Morgan fingerprint density at radius 2 is 1.50 bits per heavy atom. The highest BCUT2D eigenvalue weighted by atomic mass is 32.2. The second kappa shape index (κ2) is 9.84. The molecule has 20 heavy (non-hydrogen) atoms. The summed E-state index contributed by atoms with van der Waals surface area (Å²) in [6, 6.07) is 8.84. The summed E-state index contributed by atoms with van der Waals surface area (Å²) >= 11 is 0. The Morgan fingerprint density at radius 1 is 0.900 bits per heavy atom. The predicted octanol–water partition coefficient (Wildman–Crippen LogP) is 0.559. The van der Waals surface area contributed by atoms with Crippen molar-refractivity contribution < 1.29 is 27.2 Å². The fourth-order valence-corrected chi connectivity index (χ4v) is 2.43. The van der Waals surface area contributed by atoms with E-state index in [9.17, 15) is 8.42 Å². The summed E-state index contributed by atoms with van der Waals surface area (Å²) in [5.41, 5.74) is 0.686. The molecule has 0 unspecified atom stereocenters. The van der Waals surface area contributed by atoms with E-state index in [-0.39, 0.29) is 32.2 Å². The predicted molar refractivity (Wildman–Crippen MR) is 73.7 cm³/mol. The number of hydrogen-bond donors (Lipinski definition) is 1. The van der Waals surface area contributed by atoms with Gasteiger partial charge >= 0.3 is 0 Å². The van der Waals surface area contributed by atoms with Crippen LogP contribution >= 0.6 is 0 Å². The zero-order valence-corrected chi connectivity index (χ0v) is 12.0. The van der Waals surface area contributed by atoms with E-state index in [1.165, 1.54) is 0 Å². The van der Waals surface area contributed by atoms with Gasteiger partial charge in [0, 0.05) is 0 Å². The van der Waals surface area contributed by atoms with Gasteiger partial charge < -0.3 is 14.6 Å². The van der Waals surface area contributed by atoms with Crippen LogP contribution in [0.3, 0.4) is 0 Å². The van der Waals surface area contributed by atoms with E-state index in [2.05, 4.69) is 0 Å². The summed E-state index contributed by atoms with van der Waals surface area (Å²) < 4.78 is 38.2. The molecule has 6 nitrogen and oxygen atoms in total. The van der Waals surface area contributed by atoms with E-state index in [0.29, 0.717) is 18.8 Å². The summed E-state index contributed by atoms with van der Waals surface area (Å²) in [7, 11) is -3.58. The van der Waals surface area contributed by atoms with Crippen molar-refractivity contribution in [2.75, 3.05) is 39.6 Å². The molecular weight excluding hydrogens is 284 g/mol. The van der Waals surface area contributed by atoms with Crippen molar-refractivity contribution in [2.24, 2.45) is 0 Å². The van der Waals surface area contributed by atoms with Crippen molar-refractivity contribution in [1.82, 2.24) is 0 Å². The van der Waals surface area contributed by atoms with E-state index in [1.54, 1.807) is 24.3 Å². The first-order chi connectivity index (χ1) is 9.64. The fraction of sp³-hybridized carbons (Fsp3) is 0.538. The Bertz CT molecular complexity index is 445. The number of ether oxygens (including phenoxy) is 2. The lowest BCUT2D eigenvalue weighted by Gasteiger charge is -2.07. The lowest BCUT2D eigenvalue weighted by Crippen LogP contribution is -2.15. The van der Waals surface area contributed by atoms with Crippen LogP contribution in [0.15, 0.2) is 30.3 Å². The molecule has 0 aliphatic rings. The number of hydrogen-bond acceptors (Lipinski definition) is 6. The molecule has 1 N–H and O–H groups in total. The monoisotopic (exact) mass is 304 g/mol. The first-order valence-corrected chi connectivity index (χ1v) is 7.89. The molecule has 1 aromatic carbocycles. The normalized spacial score (nSPS) is 11.7. The van der Waals surface area contributed by atoms with Gasteiger partial charge in [-0.25, -0.2) is 0 Å². The Balaban J connectivity index is 2.11. The number of rotatable bonds is 11. The highest BCUT2D eigenvalue weighted by Gasteiger charge is 2.11. The SMILES string of the molecule is O=S(=O)(Cc1ccccc1)OCCOCCOCCO. The van der Waals surface area contributed by atoms with E-state index < -0.39 is 10.1 Å². The molecular formula is C13H20O6S. The molecule has 0 amide bonds. The number of benzene rings is 1. The van der Waals surface area contributed by atoms with Gasteiger partial charge in [-0.2, -0.15) is 8.42 Å². The minimum absolute atomic E-state index is 0.0187. The van der Waals surface area contributed by atoms with Gasteiger partial charge in [0.2, 0.25) is 0 Å². The van der Waals surface area contributed by atoms with Gasteiger partial charge in [-0.3, -0.25) is 4.18 Å². The largest absolute Gasteiger partial charge is 0.394 e. The minimum Gasteiger partial charge on any atom is -0.394 e. The van der Waals surface area contributed by atoms with Crippen molar-refractivity contribution in [3.05, 3.63) is 35.9 Å². The molecule has 1 aromatic rings. The second-order valence-corrected chi connectivity index (χ2v) is 5.60. The molecule has 0 aromatic heterocycles. The van der Waals surface area contributed by atoms with Crippen LogP contribution in [0.5, 0.6) is 0 Å². The Morgan fingerprint density at radius 3 is 2.15 bits per heavy atom. The van der Waals surface area contributed by atoms with Crippen LogP contribution < -0.4 is 0 Å². The topological polar surface area (TPSA) is 82.1 Å². The third-order valence-electron chi connectivity index (χ3n) is 2.28. The van der Waals surface area contributed by atoms with Crippen LogP contribution in [0, 0.1) is 0 Å². The summed E-state index contributed by atoms with van der Waals surface area (Å²) in [4.78, 5) is 0. The molecule has 114 valence electrons. The van der Waals surface area contributed by atoms with Crippen LogP contribution in [0.4, 0.5) is 0 Å². The molecule has 0 bridgehead atoms. The van der Waals surface area contributed by atoms with Gasteiger partial charge in [-0.15, -0.1) is 0 Å². The Kier molecular flexibility index (Phi) is 8.40. The van der Waals surface area contributed by atoms with Crippen molar-refractivity contribution in [2.45, 2.75) is 5.75 Å². The molecule has 0 saturated heterocycles. The van der Waals surface area contributed by atoms with Gasteiger partial charge in [-0.1, -0.05) is 30.3 Å². The lowest BCUT2D eigenvalue weighted by atomic mass is 10.2. The maximum absolute atomic E-state index is 11.6. The average Bonchev–Trinajstić information content (AvgIpc) is 2.42. The highest BCUT2D eigenvalue weighted by Crippen LogP contribution is 2.06. The lowest BCUT2D eigenvalue weighted by molar-refractivity contribution is 0.0252. The van der Waals surface area contributed by atoms with E-state index in [1.807, 2.05) is 6.07 Å². The molecule has 7 heteroatoms. The van der Waals surface area contributed by atoms with Gasteiger partial charge in [0.05, 0.1) is 39.6 Å². The van der Waals surface area contributed by atoms with Crippen LogP contribution in [-0.2, 0) is 29.5 Å². The van der Waals surface area contributed by atoms with Gasteiger partial charge in [0.25, 0.3) is 10.1 Å². The molecule has 0 radical (unpaired) electrons. The summed E-state index contributed by atoms with van der Waals surface area (Å²) in [5.74, 6) is -0.145. The number of aliphatic hydroxyl groups excluding tert-OH is 1. The van der Waals surface area contributed by atoms with Gasteiger partial charge in [0.1, 0.15) is 5.75 Å². The van der Waals surface area contributed by atoms with E-state index >= 15 is 0 Å². The first-order valence-electron chi connectivity index (χ1n) is 6.31. The maximum Gasteiger partial charge on any atom is 0.271 e. The fourth-order valence-electron chi connectivity index (χ4n) is 1.43. The molecule has 0 spiro atoms. The first kappa shape index (κ1) is 17.1. The van der Waals surface area contributed by atoms with Crippen molar-refractivity contribution in [3.8, 4) is 0 Å². The number of aliphatic hydroxyl groups is 1. The summed E-state index contributed by atoms with van der Waals surface area (Å²) in [6.07, 6.45) is 0. The highest BCUT2D eigenvalue weighted by molar-refractivity contribution is 7.85. The standard InChI is InChI=1S/C13H20O6S/c14-6-7-17-8-9-18-10-11-19-20(15,16)12-13-4-2-1-3-5-13/h1-5,14H,6-12H2. The van der Waals surface area contributed by atoms with Crippen molar-refractivity contribution in [1.29, 1.82) is 0 Å². The van der Waals surface area contributed by atoms with E-state index in [4.69, 9.17) is 18.8 Å². The molecule has 0 fully saturated rings. The third-order valence-corrected chi connectivity index (χ3v) is 3.50. The molecule has 0 atom stereocenters. The third kappa shape index (κ3) is 8.23. The quantitative estimate of drug-likeness (QED) is 0.475. The maximum atomic E-state index is 11.6. The second-order valence-electron chi connectivity index (χ2n) is 3.96. The zero-order chi connectivity index (χ0) is 14.7. The molecule has 0 aliphatic heterocycles. The average molecular weight is 304 g/mol. The Labute approximate surface area is 119 Å². The van der Waals surface area contributed by atoms with Crippen molar-refractivity contribution >= 4 is 10.1 Å². The van der Waals surface area contributed by atoms with Crippen molar-refractivity contribution in [3.63, 3.8) is 0 Å². The minimum atomic E-state index is -3.58. The summed E-state index contributed by atoms with van der Waals surface area (Å²) in [6.45, 7) is 1.09. The van der Waals surface area contributed by atoms with Crippen LogP contribution in [0.25, 0.3) is 0 Å². The zero-order valence-electron chi connectivity index (χ0n) is 11.2.